The number of nitrogens with zero attached hydrogens (tertiary/aromatic N) is 1. The molecule has 0 saturated heterocycles. The number of rotatable bonds is 8. The highest BCUT2D eigenvalue weighted by Gasteiger charge is 2.12. The minimum absolute atomic E-state index is 0. The van der Waals surface area contributed by atoms with Crippen molar-refractivity contribution in [3.63, 3.8) is 0 Å². The van der Waals surface area contributed by atoms with Gasteiger partial charge in [-0.3, -0.25) is 4.99 Å². The van der Waals surface area contributed by atoms with Crippen molar-refractivity contribution in [1.29, 1.82) is 0 Å². The van der Waals surface area contributed by atoms with E-state index in [0.29, 0.717) is 30.2 Å². The summed E-state index contributed by atoms with van der Waals surface area (Å²) in [7, 11) is 3.11. The third-order valence-electron chi connectivity index (χ3n) is 4.57. The first kappa shape index (κ1) is 24.6. The van der Waals surface area contributed by atoms with E-state index >= 15 is 0 Å². The fraction of sp³-hybridized carbons (Fsp3) is 0.286. The second kappa shape index (κ2) is 11.7. The quantitative estimate of drug-likeness (QED) is 0.221. The van der Waals surface area contributed by atoms with Gasteiger partial charge in [-0.1, -0.05) is 0 Å². The molecule has 0 unspecified atom stereocenters. The number of ether oxygens (including phenoxy) is 2. The molecule has 10 heteroatoms. The van der Waals surface area contributed by atoms with Crippen LogP contribution in [0, 0.1) is 5.82 Å². The van der Waals surface area contributed by atoms with Crippen LogP contribution in [0.5, 0.6) is 11.5 Å². The molecule has 1 heterocycles. The van der Waals surface area contributed by atoms with Gasteiger partial charge in [0.15, 0.2) is 5.96 Å². The number of fused-ring (bicyclic) bond motifs is 1. The molecule has 3 aromatic rings. The number of aromatic amines is 1. The smallest absolute Gasteiger partial charge is 0.387 e. The summed E-state index contributed by atoms with van der Waals surface area (Å²) < 4.78 is 48.5. The fourth-order valence-electron chi connectivity index (χ4n) is 3.10. The van der Waals surface area contributed by atoms with Gasteiger partial charge in [-0.2, -0.15) is 8.78 Å². The molecule has 3 N–H and O–H groups in total. The van der Waals surface area contributed by atoms with E-state index in [-0.39, 0.29) is 42.1 Å². The van der Waals surface area contributed by atoms with Gasteiger partial charge in [0, 0.05) is 42.8 Å². The van der Waals surface area contributed by atoms with Crippen LogP contribution in [0.25, 0.3) is 10.9 Å². The van der Waals surface area contributed by atoms with Crippen LogP contribution in [-0.4, -0.2) is 38.3 Å². The molecule has 31 heavy (non-hydrogen) atoms. The summed E-state index contributed by atoms with van der Waals surface area (Å²) in [5.74, 6) is 0.804. The zero-order valence-corrected chi connectivity index (χ0v) is 19.4. The second-order valence-electron chi connectivity index (χ2n) is 6.46. The van der Waals surface area contributed by atoms with Gasteiger partial charge in [0.1, 0.15) is 17.3 Å². The van der Waals surface area contributed by atoms with E-state index in [0.717, 1.165) is 16.5 Å². The molecule has 0 radical (unpaired) electrons. The topological polar surface area (TPSA) is 70.7 Å². The second-order valence-corrected chi connectivity index (χ2v) is 6.46. The van der Waals surface area contributed by atoms with Crippen molar-refractivity contribution in [3.05, 3.63) is 59.5 Å². The minimum atomic E-state index is -2.92. The van der Waals surface area contributed by atoms with Crippen molar-refractivity contribution >= 4 is 40.8 Å². The van der Waals surface area contributed by atoms with E-state index in [1.54, 1.807) is 25.2 Å². The van der Waals surface area contributed by atoms with Crippen molar-refractivity contribution in [3.8, 4) is 11.5 Å². The molecule has 1 aromatic heterocycles. The molecule has 2 aromatic carbocycles. The van der Waals surface area contributed by atoms with Crippen LogP contribution in [0.2, 0.25) is 0 Å². The number of aromatic nitrogens is 1. The molecule has 0 fully saturated rings. The third-order valence-corrected chi connectivity index (χ3v) is 4.57. The zero-order valence-electron chi connectivity index (χ0n) is 17.0. The first-order valence-electron chi connectivity index (χ1n) is 9.32. The summed E-state index contributed by atoms with van der Waals surface area (Å²) in [5.41, 5.74) is 2.36. The highest BCUT2D eigenvalue weighted by molar-refractivity contribution is 14.0. The van der Waals surface area contributed by atoms with Crippen LogP contribution in [0.4, 0.5) is 13.2 Å². The van der Waals surface area contributed by atoms with Gasteiger partial charge in [-0.15, -0.1) is 24.0 Å². The predicted octanol–water partition coefficient (Wildman–Crippen LogP) is 4.44. The van der Waals surface area contributed by atoms with Gasteiger partial charge in [-0.05, 0) is 48.4 Å². The normalized spacial score (nSPS) is 11.4. The van der Waals surface area contributed by atoms with Crippen molar-refractivity contribution in [1.82, 2.24) is 15.6 Å². The Balaban J connectivity index is 0.00000341. The van der Waals surface area contributed by atoms with Crippen molar-refractivity contribution in [2.75, 3.05) is 20.7 Å². The maximum Gasteiger partial charge on any atom is 0.387 e. The Kier molecular flexibility index (Phi) is 9.28. The maximum atomic E-state index is 13.5. The van der Waals surface area contributed by atoms with Crippen LogP contribution in [0.1, 0.15) is 11.1 Å². The molecule has 0 aliphatic heterocycles. The van der Waals surface area contributed by atoms with Gasteiger partial charge in [0.25, 0.3) is 0 Å². The van der Waals surface area contributed by atoms with Crippen molar-refractivity contribution in [2.24, 2.45) is 4.99 Å². The van der Waals surface area contributed by atoms with Crippen LogP contribution < -0.4 is 20.1 Å². The predicted molar refractivity (Wildman–Crippen MR) is 125 cm³/mol. The van der Waals surface area contributed by atoms with Crippen molar-refractivity contribution in [2.45, 2.75) is 19.6 Å². The number of aliphatic imine (C=N–C) groups is 1. The summed E-state index contributed by atoms with van der Waals surface area (Å²) in [5, 5.41) is 7.06. The molecule has 0 aliphatic rings. The summed E-state index contributed by atoms with van der Waals surface area (Å²) in [4.78, 5) is 7.26. The Bertz CT molecular complexity index is 1030. The highest BCUT2D eigenvalue weighted by Crippen LogP contribution is 2.25. The molecule has 3 rings (SSSR count). The molecule has 0 bridgehead atoms. The Labute approximate surface area is 195 Å². The van der Waals surface area contributed by atoms with E-state index in [1.807, 2.05) is 6.20 Å². The third kappa shape index (κ3) is 6.68. The number of benzene rings is 2. The molecule has 0 aliphatic carbocycles. The Hall–Kier alpha value is -2.63. The van der Waals surface area contributed by atoms with Crippen molar-refractivity contribution < 1.29 is 22.6 Å². The first-order valence-corrected chi connectivity index (χ1v) is 9.32. The van der Waals surface area contributed by atoms with E-state index in [2.05, 4.69) is 25.3 Å². The molecule has 0 saturated carbocycles. The number of halogens is 4. The number of alkyl halides is 2. The van der Waals surface area contributed by atoms with Crippen LogP contribution >= 0.6 is 24.0 Å². The number of nitrogens with one attached hydrogen (secondary N) is 3. The average molecular weight is 548 g/mol. The Morgan fingerprint density at radius 2 is 1.94 bits per heavy atom. The molecular formula is C21H24F3IN4O2. The monoisotopic (exact) mass is 548 g/mol. The average Bonchev–Trinajstić information content (AvgIpc) is 3.13. The van der Waals surface area contributed by atoms with E-state index in [1.165, 1.54) is 25.3 Å². The van der Waals surface area contributed by atoms with Crippen LogP contribution in [0.3, 0.4) is 0 Å². The highest BCUT2D eigenvalue weighted by atomic mass is 127. The summed E-state index contributed by atoms with van der Waals surface area (Å²) in [6, 6.07) is 9.24. The molecule has 0 spiro atoms. The lowest BCUT2D eigenvalue weighted by Gasteiger charge is -2.15. The van der Waals surface area contributed by atoms with E-state index < -0.39 is 6.61 Å². The summed E-state index contributed by atoms with van der Waals surface area (Å²) in [6.07, 6.45) is 2.50. The zero-order chi connectivity index (χ0) is 21.5. The lowest BCUT2D eigenvalue weighted by atomic mass is 10.1. The van der Waals surface area contributed by atoms with Crippen LogP contribution in [0.15, 0.2) is 47.6 Å². The largest absolute Gasteiger partial charge is 0.497 e. The molecular weight excluding hydrogens is 524 g/mol. The SMILES string of the molecule is CN=C(NCCc1c[nH]c2ccc(F)cc12)NCc1cc(OC)ccc1OC(F)F.I. The molecule has 6 nitrogen and oxygen atoms in total. The lowest BCUT2D eigenvalue weighted by molar-refractivity contribution is -0.0504. The molecule has 0 amide bonds. The van der Waals surface area contributed by atoms with Gasteiger partial charge in [-0.25, -0.2) is 4.39 Å². The minimum Gasteiger partial charge on any atom is -0.497 e. The standard InChI is InChI=1S/C21H23F3N4O2.HI/c1-25-21(26-8-7-13-11-27-18-5-3-15(22)10-17(13)18)28-12-14-9-16(29-2)4-6-19(14)30-20(23)24;/h3-6,9-11,20,27H,7-8,12H2,1-2H3,(H2,25,26,28);1H. The lowest BCUT2D eigenvalue weighted by Crippen LogP contribution is -2.38. The van der Waals surface area contributed by atoms with Gasteiger partial charge >= 0.3 is 6.61 Å². The Morgan fingerprint density at radius 1 is 1.13 bits per heavy atom. The van der Waals surface area contributed by atoms with Crippen LogP contribution in [-0.2, 0) is 13.0 Å². The maximum absolute atomic E-state index is 13.5. The molecule has 168 valence electrons. The molecule has 0 atom stereocenters. The number of hydrogen-bond donors (Lipinski definition) is 3. The van der Waals surface area contributed by atoms with E-state index in [4.69, 9.17) is 4.74 Å². The number of H-pyrrole nitrogens is 1. The number of methoxy groups -OCH3 is 1. The summed E-state index contributed by atoms with van der Waals surface area (Å²) >= 11 is 0. The number of hydrogen-bond acceptors (Lipinski definition) is 3. The van der Waals surface area contributed by atoms with E-state index in [9.17, 15) is 13.2 Å². The van der Waals surface area contributed by atoms with Gasteiger partial charge < -0.3 is 25.1 Å². The summed E-state index contributed by atoms with van der Waals surface area (Å²) in [6.45, 7) is -2.17. The van der Waals surface area contributed by atoms with Gasteiger partial charge in [0.2, 0.25) is 0 Å². The Morgan fingerprint density at radius 3 is 2.65 bits per heavy atom. The number of guanidine groups is 1. The fourth-order valence-corrected chi connectivity index (χ4v) is 3.10. The first-order chi connectivity index (χ1) is 14.5. The van der Waals surface area contributed by atoms with Gasteiger partial charge in [0.05, 0.1) is 7.11 Å².